The molecule has 64 valence electrons. The molecule has 0 saturated carbocycles. The predicted molar refractivity (Wildman–Crippen MR) is 42.7 cm³/mol. The van der Waals surface area contributed by atoms with Gasteiger partial charge in [0.2, 0.25) is 0 Å². The van der Waals surface area contributed by atoms with Crippen LogP contribution in [0.4, 0.5) is 4.79 Å². The van der Waals surface area contributed by atoms with Crippen LogP contribution in [-0.4, -0.2) is 23.1 Å². The minimum absolute atomic E-state index is 0.408. The van der Waals surface area contributed by atoms with Crippen molar-refractivity contribution in [2.45, 2.75) is 31.8 Å². The number of nitrogens with two attached hydrogens (primary N) is 2. The zero-order chi connectivity index (χ0) is 8.48. The van der Waals surface area contributed by atoms with E-state index in [4.69, 9.17) is 11.5 Å². The van der Waals surface area contributed by atoms with Crippen molar-refractivity contribution in [1.82, 2.24) is 4.90 Å². The zero-order valence-corrected chi connectivity index (χ0v) is 6.84. The lowest BCUT2D eigenvalue weighted by molar-refractivity contribution is 0.1000. The number of primary amides is 1. The molecule has 1 rings (SSSR count). The van der Waals surface area contributed by atoms with Gasteiger partial charge < -0.3 is 16.4 Å². The molecule has 4 nitrogen and oxygen atoms in total. The average Bonchev–Trinajstić information content (AvgIpc) is 1.85. The molecule has 1 atom stereocenters. The van der Waals surface area contributed by atoms with Gasteiger partial charge in [-0.25, -0.2) is 4.79 Å². The Morgan fingerprint density at radius 3 is 2.55 bits per heavy atom. The summed E-state index contributed by atoms with van der Waals surface area (Å²) in [5.41, 5.74) is 10.5. The third-order valence-corrected chi connectivity index (χ3v) is 2.20. The molecule has 11 heavy (non-hydrogen) atoms. The Labute approximate surface area is 66.5 Å². The van der Waals surface area contributed by atoms with Crippen LogP contribution in [0.1, 0.15) is 26.2 Å². The van der Waals surface area contributed by atoms with Crippen molar-refractivity contribution in [1.29, 1.82) is 0 Å². The van der Waals surface area contributed by atoms with E-state index >= 15 is 0 Å². The monoisotopic (exact) mass is 157 g/mol. The molecule has 1 aliphatic heterocycles. The molecule has 0 aromatic carbocycles. The smallest absolute Gasteiger partial charge is 0.316 e. The van der Waals surface area contributed by atoms with Crippen molar-refractivity contribution < 1.29 is 4.79 Å². The molecule has 4 heteroatoms. The highest BCUT2D eigenvalue weighted by Crippen LogP contribution is 2.21. The van der Waals surface area contributed by atoms with Gasteiger partial charge in [-0.3, -0.25) is 0 Å². The number of nitrogens with zero attached hydrogens (tertiary/aromatic N) is 1. The van der Waals surface area contributed by atoms with Gasteiger partial charge in [0.1, 0.15) is 0 Å². The van der Waals surface area contributed by atoms with Crippen LogP contribution in [0, 0.1) is 0 Å². The van der Waals surface area contributed by atoms with Crippen molar-refractivity contribution in [2.24, 2.45) is 11.5 Å². The zero-order valence-electron chi connectivity index (χ0n) is 6.84. The number of hydrogen-bond acceptors (Lipinski definition) is 2. The number of likely N-dealkylation sites (tertiary alicyclic amines) is 1. The number of rotatable bonds is 0. The standard InChI is InChI=1S/C7H15N3O/c1-7(9)4-2-3-5-10(7)6(8)11/h2-5,9H2,1H3,(H2,8,11). The number of carbonyl (C=O) groups is 1. The predicted octanol–water partition coefficient (Wildman–Crippen LogP) is 0.226. The summed E-state index contributed by atoms with van der Waals surface area (Å²) < 4.78 is 0. The fourth-order valence-electron chi connectivity index (χ4n) is 1.51. The highest BCUT2D eigenvalue weighted by atomic mass is 16.2. The molecule has 0 aromatic heterocycles. The first-order chi connectivity index (χ1) is 5.04. The second-order valence-corrected chi connectivity index (χ2v) is 3.30. The third kappa shape index (κ3) is 1.63. The summed E-state index contributed by atoms with van der Waals surface area (Å²) in [6, 6.07) is -0.408. The van der Waals surface area contributed by atoms with Crippen LogP contribution in [-0.2, 0) is 0 Å². The largest absolute Gasteiger partial charge is 0.351 e. The lowest BCUT2D eigenvalue weighted by Gasteiger charge is -2.40. The van der Waals surface area contributed by atoms with E-state index in [2.05, 4.69) is 0 Å². The molecule has 0 bridgehead atoms. The van der Waals surface area contributed by atoms with Crippen LogP contribution < -0.4 is 11.5 Å². The van der Waals surface area contributed by atoms with Gasteiger partial charge in [-0.2, -0.15) is 0 Å². The Kier molecular flexibility index (Phi) is 2.04. The normalized spacial score (nSPS) is 32.0. The fraction of sp³-hybridized carbons (Fsp3) is 0.857. The summed E-state index contributed by atoms with van der Waals surface area (Å²) in [6.07, 6.45) is 2.93. The van der Waals surface area contributed by atoms with Gasteiger partial charge in [-0.05, 0) is 26.2 Å². The Morgan fingerprint density at radius 2 is 2.18 bits per heavy atom. The van der Waals surface area contributed by atoms with E-state index in [1.165, 1.54) is 4.90 Å². The van der Waals surface area contributed by atoms with E-state index in [0.29, 0.717) is 6.54 Å². The Bertz CT molecular complexity index is 167. The summed E-state index contributed by atoms with van der Waals surface area (Å²) in [4.78, 5) is 12.4. The summed E-state index contributed by atoms with van der Waals surface area (Å²) >= 11 is 0. The second-order valence-electron chi connectivity index (χ2n) is 3.30. The van der Waals surface area contributed by atoms with E-state index in [-0.39, 0.29) is 0 Å². The van der Waals surface area contributed by atoms with Gasteiger partial charge in [0.25, 0.3) is 0 Å². The maximum absolute atomic E-state index is 10.8. The minimum Gasteiger partial charge on any atom is -0.351 e. The lowest BCUT2D eigenvalue weighted by Crippen LogP contribution is -2.60. The molecule has 1 unspecified atom stereocenters. The quantitative estimate of drug-likeness (QED) is 0.528. The van der Waals surface area contributed by atoms with E-state index in [1.807, 2.05) is 6.92 Å². The third-order valence-electron chi connectivity index (χ3n) is 2.20. The maximum atomic E-state index is 10.8. The summed E-state index contributed by atoms with van der Waals surface area (Å²) in [5.74, 6) is 0. The first-order valence-electron chi connectivity index (χ1n) is 3.90. The Balaban J connectivity index is 2.67. The first kappa shape index (κ1) is 8.33. The molecular weight excluding hydrogens is 142 g/mol. The number of amides is 2. The summed E-state index contributed by atoms with van der Waals surface area (Å²) in [6.45, 7) is 2.54. The second kappa shape index (κ2) is 2.70. The van der Waals surface area contributed by atoms with Crippen LogP contribution in [0.5, 0.6) is 0 Å². The summed E-state index contributed by atoms with van der Waals surface area (Å²) in [7, 11) is 0. The number of urea groups is 1. The molecule has 4 N–H and O–H groups in total. The van der Waals surface area contributed by atoms with Crippen LogP contribution >= 0.6 is 0 Å². The van der Waals surface area contributed by atoms with E-state index in [9.17, 15) is 4.79 Å². The molecule has 1 heterocycles. The van der Waals surface area contributed by atoms with Gasteiger partial charge >= 0.3 is 6.03 Å². The molecule has 1 fully saturated rings. The number of hydrogen-bond donors (Lipinski definition) is 2. The highest BCUT2D eigenvalue weighted by molar-refractivity contribution is 5.72. The Morgan fingerprint density at radius 1 is 1.55 bits per heavy atom. The maximum Gasteiger partial charge on any atom is 0.316 e. The molecule has 1 saturated heterocycles. The topological polar surface area (TPSA) is 72.3 Å². The van der Waals surface area contributed by atoms with Crippen molar-refractivity contribution in [3.05, 3.63) is 0 Å². The van der Waals surface area contributed by atoms with Gasteiger partial charge in [0.15, 0.2) is 0 Å². The van der Waals surface area contributed by atoms with Crippen LogP contribution in [0.2, 0.25) is 0 Å². The van der Waals surface area contributed by atoms with Crippen molar-refractivity contribution in [3.63, 3.8) is 0 Å². The Hall–Kier alpha value is -0.770. The molecule has 0 aromatic rings. The minimum atomic E-state index is -0.524. The van der Waals surface area contributed by atoms with Crippen molar-refractivity contribution in [2.75, 3.05) is 6.54 Å². The van der Waals surface area contributed by atoms with Crippen molar-refractivity contribution in [3.8, 4) is 0 Å². The van der Waals surface area contributed by atoms with Gasteiger partial charge in [-0.1, -0.05) is 0 Å². The van der Waals surface area contributed by atoms with Crippen LogP contribution in [0.3, 0.4) is 0 Å². The average molecular weight is 157 g/mol. The first-order valence-corrected chi connectivity index (χ1v) is 3.90. The fourth-order valence-corrected chi connectivity index (χ4v) is 1.51. The van der Waals surface area contributed by atoms with Crippen LogP contribution in [0.15, 0.2) is 0 Å². The lowest BCUT2D eigenvalue weighted by atomic mass is 9.98. The van der Waals surface area contributed by atoms with Crippen molar-refractivity contribution >= 4 is 6.03 Å². The number of piperidine rings is 1. The van der Waals surface area contributed by atoms with E-state index in [1.54, 1.807) is 0 Å². The van der Waals surface area contributed by atoms with Gasteiger partial charge in [-0.15, -0.1) is 0 Å². The molecule has 0 spiro atoms. The molecular formula is C7H15N3O. The van der Waals surface area contributed by atoms with E-state index in [0.717, 1.165) is 19.3 Å². The molecule has 1 aliphatic rings. The SMILES string of the molecule is CC1(N)CCCCN1C(N)=O. The number of carbonyl (C=O) groups excluding carboxylic acids is 1. The van der Waals surface area contributed by atoms with Gasteiger partial charge in [0, 0.05) is 6.54 Å². The highest BCUT2D eigenvalue weighted by Gasteiger charge is 2.32. The molecule has 0 aliphatic carbocycles. The molecule has 0 radical (unpaired) electrons. The molecule has 2 amide bonds. The van der Waals surface area contributed by atoms with E-state index < -0.39 is 11.7 Å². The van der Waals surface area contributed by atoms with Crippen LogP contribution in [0.25, 0.3) is 0 Å². The van der Waals surface area contributed by atoms with Gasteiger partial charge in [0.05, 0.1) is 5.66 Å². The summed E-state index contributed by atoms with van der Waals surface area (Å²) in [5, 5.41) is 0.